The summed E-state index contributed by atoms with van der Waals surface area (Å²) in [5.41, 5.74) is 0. The number of esters is 1. The summed E-state index contributed by atoms with van der Waals surface area (Å²) in [6.45, 7) is 7.76. The second-order valence-corrected chi connectivity index (χ2v) is 6.77. The van der Waals surface area contributed by atoms with Gasteiger partial charge in [-0.25, -0.2) is 5.09 Å². The van der Waals surface area contributed by atoms with Crippen molar-refractivity contribution in [2.24, 2.45) is 0 Å². The zero-order chi connectivity index (χ0) is 17.9. The van der Waals surface area contributed by atoms with E-state index >= 15 is 0 Å². The minimum atomic E-state index is -1.51. The van der Waals surface area contributed by atoms with Gasteiger partial charge in [-0.05, 0) is 39.3 Å². The molecule has 1 N–H and O–H groups in total. The number of rotatable bonds is 11. The molecule has 0 saturated heterocycles. The first kappa shape index (κ1) is 20.8. The van der Waals surface area contributed by atoms with E-state index in [1.807, 2.05) is 51.1 Å². The van der Waals surface area contributed by atoms with Gasteiger partial charge in [-0.1, -0.05) is 25.1 Å². The molecule has 0 aliphatic rings. The Kier molecular flexibility index (Phi) is 9.88. The van der Waals surface area contributed by atoms with Crippen molar-refractivity contribution in [1.29, 1.82) is 0 Å². The molecule has 1 aromatic rings. The topological polar surface area (TPSA) is 66.0 Å². The number of benzene rings is 1. The molecule has 6 nitrogen and oxygen atoms in total. The highest BCUT2D eigenvalue weighted by atomic mass is 31.2. The lowest BCUT2D eigenvalue weighted by molar-refractivity contribution is -0.149. The van der Waals surface area contributed by atoms with E-state index in [9.17, 15) is 4.79 Å². The van der Waals surface area contributed by atoms with Gasteiger partial charge in [0.05, 0.1) is 18.8 Å². The number of nitrogens with one attached hydrogen (secondary N) is 1. The van der Waals surface area contributed by atoms with Gasteiger partial charge in [0.2, 0.25) is 0 Å². The fourth-order valence-electron chi connectivity index (χ4n) is 1.72. The molecule has 0 bridgehead atoms. The Morgan fingerprint density at radius 1 is 1.21 bits per heavy atom. The maximum atomic E-state index is 12.0. The van der Waals surface area contributed by atoms with Crippen LogP contribution in [0.25, 0.3) is 0 Å². The molecule has 0 aromatic heterocycles. The van der Waals surface area contributed by atoms with Gasteiger partial charge < -0.3 is 18.5 Å². The van der Waals surface area contributed by atoms with Crippen molar-refractivity contribution in [2.75, 3.05) is 13.7 Å². The Balaban J connectivity index is 2.67. The van der Waals surface area contributed by atoms with E-state index in [1.54, 1.807) is 14.0 Å². The highest BCUT2D eigenvalue weighted by Gasteiger charge is 2.24. The summed E-state index contributed by atoms with van der Waals surface area (Å²) in [6, 6.07) is 8.80. The minimum absolute atomic E-state index is 0.0194. The fraction of sp³-hybridized carbons (Fsp3) is 0.588. The molecule has 0 radical (unpaired) electrons. The van der Waals surface area contributed by atoms with Crippen molar-refractivity contribution in [3.8, 4) is 5.75 Å². The molecule has 0 heterocycles. The Labute approximate surface area is 145 Å². The van der Waals surface area contributed by atoms with E-state index in [4.69, 9.17) is 18.5 Å². The normalized spacial score (nSPS) is 14.9. The summed E-state index contributed by atoms with van der Waals surface area (Å²) in [4.78, 5) is 12.0. The van der Waals surface area contributed by atoms with Gasteiger partial charge in [0.1, 0.15) is 11.8 Å². The number of hydrogen-bond donors (Lipinski definition) is 1. The minimum Gasteiger partial charge on any atom is -0.462 e. The standard InChI is InChI=1S/C17H28NO5P/c1-6-15(20-5)12-21-24(23-16-10-8-7-9-11-16)18-14(4)17(19)22-13(2)3/h7-11,13-15,18H,6,12H2,1-5H3/t14-,15+,24?/m1/s1. The van der Waals surface area contributed by atoms with Crippen molar-refractivity contribution in [3.05, 3.63) is 30.3 Å². The van der Waals surface area contributed by atoms with Gasteiger partial charge in [0.15, 0.2) is 0 Å². The third-order valence-electron chi connectivity index (χ3n) is 3.10. The molecular formula is C17H28NO5P. The van der Waals surface area contributed by atoms with Crippen LogP contribution in [-0.2, 0) is 18.8 Å². The molecule has 7 heteroatoms. The van der Waals surface area contributed by atoms with Gasteiger partial charge in [0, 0.05) is 7.11 Å². The van der Waals surface area contributed by atoms with E-state index in [-0.39, 0.29) is 18.2 Å². The lowest BCUT2D eigenvalue weighted by atomic mass is 10.3. The first-order chi connectivity index (χ1) is 11.5. The molecule has 136 valence electrons. The molecule has 1 rings (SSSR count). The summed E-state index contributed by atoms with van der Waals surface area (Å²) in [6.07, 6.45) is 0.645. The maximum Gasteiger partial charge on any atom is 0.323 e. The number of methoxy groups -OCH3 is 1. The molecule has 0 saturated carbocycles. The van der Waals surface area contributed by atoms with Gasteiger partial charge in [-0.2, -0.15) is 0 Å². The molecular weight excluding hydrogens is 329 g/mol. The molecule has 24 heavy (non-hydrogen) atoms. The molecule has 0 spiro atoms. The second kappa shape index (κ2) is 11.4. The molecule has 0 fully saturated rings. The number of hydrogen-bond acceptors (Lipinski definition) is 6. The third-order valence-corrected chi connectivity index (χ3v) is 4.46. The first-order valence-electron chi connectivity index (χ1n) is 8.11. The smallest absolute Gasteiger partial charge is 0.323 e. The molecule has 1 aromatic carbocycles. The molecule has 1 unspecified atom stereocenters. The summed E-state index contributed by atoms with van der Waals surface area (Å²) < 4.78 is 22.2. The Morgan fingerprint density at radius 3 is 2.42 bits per heavy atom. The number of ether oxygens (including phenoxy) is 2. The van der Waals surface area contributed by atoms with Crippen LogP contribution in [0, 0.1) is 0 Å². The molecule has 3 atom stereocenters. The predicted octanol–water partition coefficient (Wildman–Crippen LogP) is 3.66. The monoisotopic (exact) mass is 357 g/mol. The number of carbonyl (C=O) groups is 1. The maximum absolute atomic E-state index is 12.0. The average Bonchev–Trinajstić information content (AvgIpc) is 2.55. The summed E-state index contributed by atoms with van der Waals surface area (Å²) in [5, 5.41) is 3.06. The average molecular weight is 357 g/mol. The lowest BCUT2D eigenvalue weighted by Gasteiger charge is -2.24. The predicted molar refractivity (Wildman–Crippen MR) is 94.9 cm³/mol. The van der Waals surface area contributed by atoms with Crippen LogP contribution in [0.4, 0.5) is 0 Å². The van der Waals surface area contributed by atoms with Crippen molar-refractivity contribution >= 4 is 14.5 Å². The lowest BCUT2D eigenvalue weighted by Crippen LogP contribution is -2.35. The van der Waals surface area contributed by atoms with E-state index in [0.29, 0.717) is 12.4 Å². The van der Waals surface area contributed by atoms with Crippen molar-refractivity contribution in [3.63, 3.8) is 0 Å². The van der Waals surface area contributed by atoms with Crippen LogP contribution in [0.1, 0.15) is 34.1 Å². The van der Waals surface area contributed by atoms with E-state index in [0.717, 1.165) is 6.42 Å². The van der Waals surface area contributed by atoms with E-state index < -0.39 is 14.6 Å². The van der Waals surface area contributed by atoms with Crippen LogP contribution >= 0.6 is 8.53 Å². The zero-order valence-electron chi connectivity index (χ0n) is 15.0. The van der Waals surface area contributed by atoms with Crippen LogP contribution in [0.2, 0.25) is 0 Å². The third kappa shape index (κ3) is 8.06. The summed E-state index contributed by atoms with van der Waals surface area (Å²) in [5.74, 6) is 0.336. The molecule has 0 amide bonds. The Hall–Kier alpha value is -1.20. The van der Waals surface area contributed by atoms with Crippen molar-refractivity contribution < 1.29 is 23.3 Å². The van der Waals surface area contributed by atoms with Crippen LogP contribution in [-0.4, -0.2) is 37.9 Å². The van der Waals surface area contributed by atoms with Crippen LogP contribution in [0.15, 0.2) is 30.3 Å². The first-order valence-corrected chi connectivity index (χ1v) is 9.29. The summed E-state index contributed by atoms with van der Waals surface area (Å²) in [7, 11) is 0.138. The quantitative estimate of drug-likeness (QED) is 0.482. The van der Waals surface area contributed by atoms with Crippen molar-refractivity contribution in [2.45, 2.75) is 52.4 Å². The van der Waals surface area contributed by atoms with E-state index in [2.05, 4.69) is 5.09 Å². The van der Waals surface area contributed by atoms with Crippen LogP contribution in [0.3, 0.4) is 0 Å². The van der Waals surface area contributed by atoms with Gasteiger partial charge in [0.25, 0.3) is 0 Å². The number of carbonyl (C=O) groups excluding carboxylic acids is 1. The SMILES string of the molecule is CC[C@@H](COP(N[C@H](C)C(=O)OC(C)C)Oc1ccccc1)OC. The van der Waals surface area contributed by atoms with Gasteiger partial charge in [-0.15, -0.1) is 0 Å². The fourth-order valence-corrected chi connectivity index (χ4v) is 2.93. The summed E-state index contributed by atoms with van der Waals surface area (Å²) >= 11 is 0. The van der Waals surface area contributed by atoms with Crippen molar-refractivity contribution in [1.82, 2.24) is 5.09 Å². The molecule has 0 aliphatic heterocycles. The highest BCUT2D eigenvalue weighted by molar-refractivity contribution is 7.45. The zero-order valence-corrected chi connectivity index (χ0v) is 15.9. The van der Waals surface area contributed by atoms with Gasteiger partial charge >= 0.3 is 14.5 Å². The van der Waals surface area contributed by atoms with Crippen LogP contribution in [0.5, 0.6) is 5.75 Å². The Bertz CT molecular complexity index is 467. The van der Waals surface area contributed by atoms with Gasteiger partial charge in [-0.3, -0.25) is 4.79 Å². The Morgan fingerprint density at radius 2 is 1.88 bits per heavy atom. The molecule has 0 aliphatic carbocycles. The number of para-hydroxylation sites is 1. The highest BCUT2D eigenvalue weighted by Crippen LogP contribution is 2.36. The van der Waals surface area contributed by atoms with Crippen LogP contribution < -0.4 is 9.61 Å². The van der Waals surface area contributed by atoms with E-state index in [1.165, 1.54) is 0 Å². The second-order valence-electron chi connectivity index (χ2n) is 5.56. The largest absolute Gasteiger partial charge is 0.462 e.